The predicted octanol–water partition coefficient (Wildman–Crippen LogP) is 1.20. The number of hydrogen-bond donors (Lipinski definition) is 1. The molecule has 0 saturated carbocycles. The van der Waals surface area contributed by atoms with Gasteiger partial charge in [0.25, 0.3) is 16.9 Å². The molecule has 1 aliphatic rings. The minimum atomic E-state index is -0.731. The number of carbonyl (C=O) groups is 3. The quantitative estimate of drug-likeness (QED) is 0.558. The zero-order valence-corrected chi connectivity index (χ0v) is 7.59. The molecule has 1 N–H and O–H groups in total. The molecule has 1 heterocycles. The Morgan fingerprint density at radius 3 is 2.64 bits per heavy atom. The van der Waals surface area contributed by atoms with Gasteiger partial charge < -0.3 is 5.32 Å². The molecule has 0 aliphatic carbocycles. The van der Waals surface area contributed by atoms with Crippen LogP contribution in [0.3, 0.4) is 0 Å². The molecule has 0 radical (unpaired) electrons. The molecule has 0 atom stereocenters. The molecule has 4 nitrogen and oxygen atoms in total. The van der Waals surface area contributed by atoms with Gasteiger partial charge in [-0.05, 0) is 23.7 Å². The number of anilines is 1. The van der Waals surface area contributed by atoms with Gasteiger partial charge in [0.05, 0.1) is 16.8 Å². The summed E-state index contributed by atoms with van der Waals surface area (Å²) in [5, 5.41) is 1.61. The van der Waals surface area contributed by atoms with Crippen LogP contribution in [0.4, 0.5) is 5.69 Å². The van der Waals surface area contributed by atoms with Crippen molar-refractivity contribution in [2.45, 2.75) is 0 Å². The normalized spacial score (nSPS) is 13.8. The Labute approximate surface area is 83.9 Å². The van der Waals surface area contributed by atoms with E-state index in [0.717, 1.165) is 0 Å². The number of rotatable bonds is 1. The van der Waals surface area contributed by atoms with Gasteiger partial charge in [-0.25, -0.2) is 0 Å². The van der Waals surface area contributed by atoms with Crippen molar-refractivity contribution in [1.82, 2.24) is 0 Å². The van der Waals surface area contributed by atoms with E-state index in [1.807, 2.05) is 0 Å². The average molecular weight is 210 g/mol. The molecule has 2 rings (SSSR count). The van der Waals surface area contributed by atoms with Crippen LogP contribution in [0.15, 0.2) is 18.2 Å². The first-order chi connectivity index (χ1) is 6.61. The van der Waals surface area contributed by atoms with Crippen LogP contribution in [-0.2, 0) is 4.79 Å². The van der Waals surface area contributed by atoms with Crippen LogP contribution in [0, 0.1) is 0 Å². The highest BCUT2D eigenvalue weighted by atomic mass is 35.5. The summed E-state index contributed by atoms with van der Waals surface area (Å²) >= 11 is 5.28. The van der Waals surface area contributed by atoms with Crippen LogP contribution < -0.4 is 5.32 Å². The minimum absolute atomic E-state index is 0.142. The largest absolute Gasteiger partial charge is 0.318 e. The van der Waals surface area contributed by atoms with E-state index in [-0.39, 0.29) is 16.8 Å². The third-order valence-corrected chi connectivity index (χ3v) is 2.17. The molecule has 5 heteroatoms. The fourth-order valence-electron chi connectivity index (χ4n) is 1.33. The SMILES string of the molecule is O=C1Nc2c(C(=O)Cl)cccc2C1=O. The van der Waals surface area contributed by atoms with E-state index in [1.54, 1.807) is 0 Å². The van der Waals surface area contributed by atoms with Gasteiger partial charge in [-0.15, -0.1) is 0 Å². The van der Waals surface area contributed by atoms with Crippen LogP contribution in [0.25, 0.3) is 0 Å². The van der Waals surface area contributed by atoms with Crippen molar-refractivity contribution in [2.24, 2.45) is 0 Å². The van der Waals surface area contributed by atoms with E-state index in [0.29, 0.717) is 0 Å². The lowest BCUT2D eigenvalue weighted by molar-refractivity contribution is -0.112. The molecular formula is C9H4ClNO3. The number of benzene rings is 1. The first-order valence-corrected chi connectivity index (χ1v) is 4.17. The average Bonchev–Trinajstić information content (AvgIpc) is 2.43. The molecule has 0 unspecified atom stereocenters. The summed E-state index contributed by atoms with van der Waals surface area (Å²) in [4.78, 5) is 33.1. The maximum Gasteiger partial charge on any atom is 0.296 e. The van der Waals surface area contributed by atoms with Gasteiger partial charge in [0.2, 0.25) is 0 Å². The van der Waals surface area contributed by atoms with Crippen LogP contribution in [0.5, 0.6) is 0 Å². The summed E-state index contributed by atoms with van der Waals surface area (Å²) in [6.45, 7) is 0. The predicted molar refractivity (Wildman–Crippen MR) is 49.6 cm³/mol. The summed E-state index contributed by atoms with van der Waals surface area (Å²) in [6, 6.07) is 4.43. The van der Waals surface area contributed by atoms with Crippen LogP contribution in [0.1, 0.15) is 20.7 Å². The van der Waals surface area contributed by atoms with Gasteiger partial charge in [-0.3, -0.25) is 14.4 Å². The number of halogens is 1. The second-order valence-electron chi connectivity index (χ2n) is 2.79. The lowest BCUT2D eigenvalue weighted by atomic mass is 10.1. The zero-order valence-electron chi connectivity index (χ0n) is 6.83. The number of fused-ring (bicyclic) bond motifs is 1. The van der Waals surface area contributed by atoms with Crippen molar-refractivity contribution in [3.63, 3.8) is 0 Å². The topological polar surface area (TPSA) is 63.2 Å². The molecule has 0 fully saturated rings. The van der Waals surface area contributed by atoms with Crippen molar-refractivity contribution < 1.29 is 14.4 Å². The lowest BCUT2D eigenvalue weighted by Gasteiger charge is -2.00. The standard InChI is InChI=1S/C9H4ClNO3/c10-8(13)5-3-1-2-4-6(5)11-9(14)7(4)12/h1-3H,(H,11,12,14). The maximum absolute atomic E-state index is 11.2. The number of carbonyl (C=O) groups excluding carboxylic acids is 3. The molecule has 0 aromatic heterocycles. The monoisotopic (exact) mass is 209 g/mol. The fraction of sp³-hybridized carbons (Fsp3) is 0. The smallest absolute Gasteiger partial charge is 0.296 e. The third-order valence-electron chi connectivity index (χ3n) is 1.97. The van der Waals surface area contributed by atoms with Crippen molar-refractivity contribution in [2.75, 3.05) is 5.32 Å². The summed E-state index contributed by atoms with van der Waals surface area (Å²) in [5.41, 5.74) is 0.548. The Balaban J connectivity index is 2.67. The van der Waals surface area contributed by atoms with Gasteiger partial charge >= 0.3 is 0 Å². The van der Waals surface area contributed by atoms with E-state index in [4.69, 9.17) is 11.6 Å². The summed E-state index contributed by atoms with van der Waals surface area (Å²) < 4.78 is 0. The third kappa shape index (κ3) is 1.12. The molecule has 0 bridgehead atoms. The highest BCUT2D eigenvalue weighted by Crippen LogP contribution is 2.27. The van der Waals surface area contributed by atoms with E-state index >= 15 is 0 Å². The van der Waals surface area contributed by atoms with Gasteiger partial charge in [0, 0.05) is 0 Å². The van der Waals surface area contributed by atoms with E-state index in [9.17, 15) is 14.4 Å². The second-order valence-corrected chi connectivity index (χ2v) is 3.13. The molecule has 70 valence electrons. The minimum Gasteiger partial charge on any atom is -0.318 e. The van der Waals surface area contributed by atoms with E-state index in [2.05, 4.69) is 5.32 Å². The van der Waals surface area contributed by atoms with Gasteiger partial charge in [0.1, 0.15) is 0 Å². The van der Waals surface area contributed by atoms with Gasteiger partial charge in [0.15, 0.2) is 0 Å². The molecule has 0 spiro atoms. The van der Waals surface area contributed by atoms with Crippen LogP contribution >= 0.6 is 11.6 Å². The molecule has 1 aliphatic heterocycles. The Kier molecular flexibility index (Phi) is 1.86. The Hall–Kier alpha value is -1.68. The zero-order chi connectivity index (χ0) is 10.3. The summed E-state index contributed by atoms with van der Waals surface area (Å²) in [7, 11) is 0. The van der Waals surface area contributed by atoms with Crippen molar-refractivity contribution >= 4 is 34.2 Å². The molecule has 1 aromatic carbocycles. The maximum atomic E-state index is 11.2. The summed E-state index contributed by atoms with van der Waals surface area (Å²) in [6.07, 6.45) is 0. The van der Waals surface area contributed by atoms with Crippen LogP contribution in [-0.4, -0.2) is 16.9 Å². The van der Waals surface area contributed by atoms with Crippen LogP contribution in [0.2, 0.25) is 0 Å². The van der Waals surface area contributed by atoms with E-state index in [1.165, 1.54) is 18.2 Å². The van der Waals surface area contributed by atoms with E-state index < -0.39 is 16.9 Å². The number of para-hydroxylation sites is 1. The summed E-state index contributed by atoms with van der Waals surface area (Å²) in [5.74, 6) is -1.37. The number of ketones is 1. The number of hydrogen-bond acceptors (Lipinski definition) is 3. The molecular weight excluding hydrogens is 206 g/mol. The molecule has 14 heavy (non-hydrogen) atoms. The Bertz CT molecular complexity index is 467. The Morgan fingerprint density at radius 2 is 2.00 bits per heavy atom. The van der Waals surface area contributed by atoms with Gasteiger partial charge in [-0.2, -0.15) is 0 Å². The highest BCUT2D eigenvalue weighted by molar-refractivity contribution is 6.69. The van der Waals surface area contributed by atoms with Crippen molar-refractivity contribution in [3.05, 3.63) is 29.3 Å². The molecule has 0 saturated heterocycles. The number of Topliss-reactive ketones (excluding diaryl/α,β-unsaturated/α-hetero) is 1. The fourth-order valence-corrected chi connectivity index (χ4v) is 1.49. The lowest BCUT2D eigenvalue weighted by Crippen LogP contribution is -2.12. The first-order valence-electron chi connectivity index (χ1n) is 3.80. The Morgan fingerprint density at radius 1 is 1.29 bits per heavy atom. The van der Waals surface area contributed by atoms with Crippen molar-refractivity contribution in [3.8, 4) is 0 Å². The highest BCUT2D eigenvalue weighted by Gasteiger charge is 2.30. The number of amides is 1. The first kappa shape index (κ1) is 8.90. The number of nitrogens with one attached hydrogen (secondary N) is 1. The molecule has 1 aromatic rings. The molecule has 1 amide bonds. The van der Waals surface area contributed by atoms with Crippen molar-refractivity contribution in [1.29, 1.82) is 0 Å². The van der Waals surface area contributed by atoms with Gasteiger partial charge in [-0.1, -0.05) is 6.07 Å². The second kappa shape index (κ2) is 2.92.